The molecule has 0 saturated carbocycles. The maximum atomic E-state index is 6.06. The van der Waals surface area contributed by atoms with Gasteiger partial charge in [-0.25, -0.2) is 0 Å². The van der Waals surface area contributed by atoms with Crippen LogP contribution in [0.5, 0.6) is 0 Å². The van der Waals surface area contributed by atoms with E-state index in [-0.39, 0.29) is 6.04 Å². The molecule has 2 atom stereocenters. The predicted molar refractivity (Wildman–Crippen MR) is 72.2 cm³/mol. The molecule has 1 aromatic heterocycles. The summed E-state index contributed by atoms with van der Waals surface area (Å²) in [6.45, 7) is 11.6. The average Bonchev–Trinajstić information content (AvgIpc) is 2.87. The molecule has 2 unspecified atom stereocenters. The zero-order valence-corrected chi connectivity index (χ0v) is 12.0. The number of nitrogens with two attached hydrogens (primary N) is 1. The molecule has 1 heterocycles. The van der Waals surface area contributed by atoms with Crippen LogP contribution < -0.4 is 5.73 Å². The Bertz CT molecular complexity index is 335. The van der Waals surface area contributed by atoms with Crippen molar-refractivity contribution < 1.29 is 4.52 Å². The summed E-state index contributed by atoms with van der Waals surface area (Å²) in [7, 11) is 0. The summed E-state index contributed by atoms with van der Waals surface area (Å²) in [4.78, 5) is 6.73. The van der Waals surface area contributed by atoms with E-state index in [4.69, 9.17) is 10.3 Å². The third kappa shape index (κ3) is 4.07. The molecule has 0 spiro atoms. The monoisotopic (exact) mass is 254 g/mol. The van der Waals surface area contributed by atoms with Gasteiger partial charge in [-0.2, -0.15) is 4.98 Å². The average molecular weight is 254 g/mol. The van der Waals surface area contributed by atoms with E-state index in [1.54, 1.807) is 0 Å². The van der Waals surface area contributed by atoms with Crippen molar-refractivity contribution in [2.24, 2.45) is 11.7 Å². The highest BCUT2D eigenvalue weighted by atomic mass is 16.5. The fourth-order valence-corrected chi connectivity index (χ4v) is 1.80. The Morgan fingerprint density at radius 2 is 1.94 bits per heavy atom. The number of rotatable bonds is 8. The minimum absolute atomic E-state index is 0.148. The molecule has 2 N–H and O–H groups in total. The maximum absolute atomic E-state index is 6.06. The normalized spacial score (nSPS) is 15.0. The van der Waals surface area contributed by atoms with Crippen LogP contribution >= 0.6 is 0 Å². The molecule has 0 saturated heterocycles. The van der Waals surface area contributed by atoms with E-state index in [0.717, 1.165) is 38.3 Å². The Labute approximate surface area is 110 Å². The first-order valence-electron chi connectivity index (χ1n) is 6.92. The summed E-state index contributed by atoms with van der Waals surface area (Å²) in [6.07, 6.45) is 1.83. The molecule has 0 aliphatic rings. The van der Waals surface area contributed by atoms with Crippen molar-refractivity contribution in [3.05, 3.63) is 11.7 Å². The summed E-state index contributed by atoms with van der Waals surface area (Å²) in [5, 5.41) is 4.00. The van der Waals surface area contributed by atoms with Crippen molar-refractivity contribution in [1.29, 1.82) is 0 Å². The van der Waals surface area contributed by atoms with Crippen molar-refractivity contribution in [3.63, 3.8) is 0 Å². The summed E-state index contributed by atoms with van der Waals surface area (Å²) in [6, 6.07) is -0.148. The van der Waals surface area contributed by atoms with Crippen molar-refractivity contribution >= 4 is 0 Å². The standard InChI is InChI=1S/C13H26N4O/c1-5-10(4)12(14)13-15-11(16-18-13)8-9-17(6-2)7-3/h10,12H,5-9,14H2,1-4H3. The Kier molecular flexibility index (Phi) is 6.29. The van der Waals surface area contributed by atoms with Crippen LogP contribution in [0.4, 0.5) is 0 Å². The number of hydrogen-bond donors (Lipinski definition) is 1. The second-order valence-electron chi connectivity index (χ2n) is 4.74. The lowest BCUT2D eigenvalue weighted by Crippen LogP contribution is -2.25. The maximum Gasteiger partial charge on any atom is 0.243 e. The number of nitrogens with zero attached hydrogens (tertiary/aromatic N) is 3. The Morgan fingerprint density at radius 3 is 2.50 bits per heavy atom. The Hall–Kier alpha value is -0.940. The summed E-state index contributed by atoms with van der Waals surface area (Å²) < 4.78 is 5.24. The van der Waals surface area contributed by atoms with Crippen molar-refractivity contribution in [3.8, 4) is 0 Å². The third-order valence-electron chi connectivity index (χ3n) is 3.57. The van der Waals surface area contributed by atoms with Crippen LogP contribution in [0.2, 0.25) is 0 Å². The Balaban J connectivity index is 2.52. The smallest absolute Gasteiger partial charge is 0.243 e. The molecule has 1 aromatic rings. The summed E-state index contributed by atoms with van der Waals surface area (Å²) in [5.41, 5.74) is 6.06. The lowest BCUT2D eigenvalue weighted by atomic mass is 10.0. The fraction of sp³-hybridized carbons (Fsp3) is 0.846. The predicted octanol–water partition coefficient (Wildman–Crippen LogP) is 2.00. The largest absolute Gasteiger partial charge is 0.338 e. The van der Waals surface area contributed by atoms with E-state index in [1.807, 2.05) is 0 Å². The SMILES string of the molecule is CCC(C)C(N)c1nc(CCN(CC)CC)no1. The van der Waals surface area contributed by atoms with Crippen LogP contribution in [0.15, 0.2) is 4.52 Å². The first-order valence-corrected chi connectivity index (χ1v) is 6.92. The number of aromatic nitrogens is 2. The van der Waals surface area contributed by atoms with E-state index in [0.29, 0.717) is 11.8 Å². The highest BCUT2D eigenvalue weighted by Crippen LogP contribution is 2.20. The zero-order valence-electron chi connectivity index (χ0n) is 12.0. The minimum atomic E-state index is -0.148. The van der Waals surface area contributed by atoms with Crippen LogP contribution in [0, 0.1) is 5.92 Å². The molecule has 0 aromatic carbocycles. The van der Waals surface area contributed by atoms with Crippen LogP contribution in [0.3, 0.4) is 0 Å². The van der Waals surface area contributed by atoms with Gasteiger partial charge in [-0.05, 0) is 19.0 Å². The molecule has 0 radical (unpaired) electrons. The van der Waals surface area contributed by atoms with E-state index in [9.17, 15) is 0 Å². The van der Waals surface area contributed by atoms with Gasteiger partial charge in [0.05, 0.1) is 6.04 Å². The van der Waals surface area contributed by atoms with Crippen LogP contribution in [0.1, 0.15) is 51.9 Å². The summed E-state index contributed by atoms with van der Waals surface area (Å²) >= 11 is 0. The van der Waals surface area contributed by atoms with E-state index in [2.05, 4.69) is 42.7 Å². The molecule has 1 rings (SSSR count). The van der Waals surface area contributed by atoms with Gasteiger partial charge in [-0.15, -0.1) is 0 Å². The molecule has 5 nitrogen and oxygen atoms in total. The van der Waals surface area contributed by atoms with Crippen LogP contribution in [0.25, 0.3) is 0 Å². The van der Waals surface area contributed by atoms with Gasteiger partial charge in [0.15, 0.2) is 5.82 Å². The topological polar surface area (TPSA) is 68.2 Å². The van der Waals surface area contributed by atoms with Crippen molar-refractivity contribution in [2.75, 3.05) is 19.6 Å². The number of likely N-dealkylation sites (N-methyl/N-ethyl adjacent to an activating group) is 1. The lowest BCUT2D eigenvalue weighted by Gasteiger charge is -2.16. The minimum Gasteiger partial charge on any atom is -0.338 e. The zero-order chi connectivity index (χ0) is 13.5. The van der Waals surface area contributed by atoms with E-state index < -0.39 is 0 Å². The highest BCUT2D eigenvalue weighted by molar-refractivity contribution is 4.94. The molecular formula is C13H26N4O. The second-order valence-corrected chi connectivity index (χ2v) is 4.74. The first-order chi connectivity index (χ1) is 8.62. The fourth-order valence-electron chi connectivity index (χ4n) is 1.80. The molecule has 5 heteroatoms. The van der Waals surface area contributed by atoms with Crippen LogP contribution in [-0.4, -0.2) is 34.7 Å². The Morgan fingerprint density at radius 1 is 1.28 bits per heavy atom. The van der Waals surface area contributed by atoms with Gasteiger partial charge in [0.25, 0.3) is 0 Å². The van der Waals surface area contributed by atoms with E-state index in [1.165, 1.54) is 0 Å². The molecule has 0 amide bonds. The van der Waals surface area contributed by atoms with E-state index >= 15 is 0 Å². The van der Waals surface area contributed by atoms with Gasteiger partial charge in [-0.1, -0.05) is 39.3 Å². The van der Waals surface area contributed by atoms with Crippen LogP contribution in [-0.2, 0) is 6.42 Å². The molecular weight excluding hydrogens is 228 g/mol. The molecule has 104 valence electrons. The third-order valence-corrected chi connectivity index (χ3v) is 3.57. The van der Waals surface area contributed by atoms with Gasteiger partial charge in [-0.3, -0.25) is 0 Å². The van der Waals surface area contributed by atoms with Gasteiger partial charge in [0.1, 0.15) is 0 Å². The van der Waals surface area contributed by atoms with Gasteiger partial charge >= 0.3 is 0 Å². The quantitative estimate of drug-likeness (QED) is 0.768. The van der Waals surface area contributed by atoms with Gasteiger partial charge in [0.2, 0.25) is 5.89 Å². The summed E-state index contributed by atoms with van der Waals surface area (Å²) in [5.74, 6) is 1.69. The van der Waals surface area contributed by atoms with Gasteiger partial charge < -0.3 is 15.2 Å². The molecule has 0 fully saturated rings. The molecule has 0 bridgehead atoms. The van der Waals surface area contributed by atoms with Crippen molar-refractivity contribution in [2.45, 2.75) is 46.6 Å². The lowest BCUT2D eigenvalue weighted by molar-refractivity contribution is 0.297. The van der Waals surface area contributed by atoms with Crippen molar-refractivity contribution in [1.82, 2.24) is 15.0 Å². The van der Waals surface area contributed by atoms with Gasteiger partial charge in [0, 0.05) is 13.0 Å². The first kappa shape index (κ1) is 15.1. The highest BCUT2D eigenvalue weighted by Gasteiger charge is 2.19. The molecule has 0 aliphatic heterocycles. The number of hydrogen-bond acceptors (Lipinski definition) is 5. The molecule has 18 heavy (non-hydrogen) atoms. The molecule has 0 aliphatic carbocycles. The second kappa shape index (κ2) is 7.48.